The Balaban J connectivity index is 4.98. The van der Waals surface area contributed by atoms with E-state index in [-0.39, 0.29) is 17.1 Å². The van der Waals surface area contributed by atoms with Crippen LogP contribution in [0.25, 0.3) is 0 Å². The highest BCUT2D eigenvalue weighted by Gasteiger charge is 2.32. The summed E-state index contributed by atoms with van der Waals surface area (Å²) in [5.41, 5.74) is 0.00944. The minimum absolute atomic E-state index is 0.00944. The number of allylic oxidation sites excluding steroid dienone is 4. The summed E-state index contributed by atoms with van der Waals surface area (Å²) in [6, 6.07) is 0. The molecular weight excluding hydrogens is 184 g/mol. The minimum atomic E-state index is 0.00944. The topological polar surface area (TPSA) is 17.1 Å². The van der Waals surface area contributed by atoms with Crippen LogP contribution in [-0.4, -0.2) is 5.78 Å². The number of hydrogen-bond donors (Lipinski definition) is 0. The van der Waals surface area contributed by atoms with Gasteiger partial charge in [0.25, 0.3) is 0 Å². The van der Waals surface area contributed by atoms with Crippen LogP contribution < -0.4 is 0 Å². The quantitative estimate of drug-likeness (QED) is 0.504. The van der Waals surface area contributed by atoms with Gasteiger partial charge in [-0.1, -0.05) is 45.9 Å². The van der Waals surface area contributed by atoms with Gasteiger partial charge in [-0.25, -0.2) is 0 Å². The largest absolute Gasteiger partial charge is 0.295 e. The SMILES string of the molecule is C/C=C\C(C)C(C(=O)/C=C/C)C(C)(C)C. The van der Waals surface area contributed by atoms with Crippen LogP contribution in [0.4, 0.5) is 0 Å². The van der Waals surface area contributed by atoms with Gasteiger partial charge >= 0.3 is 0 Å². The zero-order chi connectivity index (χ0) is 12.1. The molecule has 0 saturated carbocycles. The molecule has 0 saturated heterocycles. The van der Waals surface area contributed by atoms with Gasteiger partial charge < -0.3 is 0 Å². The second-order valence-electron chi connectivity index (χ2n) is 5.13. The van der Waals surface area contributed by atoms with Crippen LogP contribution in [-0.2, 0) is 4.79 Å². The van der Waals surface area contributed by atoms with Crippen LogP contribution in [0.2, 0.25) is 0 Å². The summed E-state index contributed by atoms with van der Waals surface area (Å²) in [5.74, 6) is 0.583. The molecule has 86 valence electrons. The first-order valence-corrected chi connectivity index (χ1v) is 5.64. The minimum Gasteiger partial charge on any atom is -0.295 e. The predicted octanol–water partition coefficient (Wildman–Crippen LogP) is 4.01. The Kier molecular flexibility index (Phi) is 5.56. The Morgan fingerprint density at radius 3 is 2.00 bits per heavy atom. The van der Waals surface area contributed by atoms with Crippen LogP contribution in [0.5, 0.6) is 0 Å². The normalized spacial score (nSPS) is 17.2. The highest BCUT2D eigenvalue weighted by atomic mass is 16.1. The molecule has 0 heterocycles. The number of rotatable bonds is 4. The summed E-state index contributed by atoms with van der Waals surface area (Å²) in [7, 11) is 0. The molecule has 2 unspecified atom stereocenters. The third kappa shape index (κ3) is 4.46. The highest BCUT2D eigenvalue weighted by Crippen LogP contribution is 2.33. The molecule has 0 aromatic heterocycles. The summed E-state index contributed by atoms with van der Waals surface area (Å²) in [5, 5.41) is 0. The van der Waals surface area contributed by atoms with Crippen LogP contribution in [0.1, 0.15) is 41.5 Å². The molecule has 0 rings (SSSR count). The average molecular weight is 208 g/mol. The van der Waals surface area contributed by atoms with Crippen molar-refractivity contribution < 1.29 is 4.79 Å². The van der Waals surface area contributed by atoms with Crippen LogP contribution in [0, 0.1) is 17.3 Å². The van der Waals surface area contributed by atoms with E-state index in [0.29, 0.717) is 5.92 Å². The molecule has 0 aliphatic rings. The highest BCUT2D eigenvalue weighted by molar-refractivity contribution is 5.92. The molecule has 0 aliphatic carbocycles. The Labute approximate surface area is 94.3 Å². The van der Waals surface area contributed by atoms with Crippen molar-refractivity contribution in [3.63, 3.8) is 0 Å². The van der Waals surface area contributed by atoms with E-state index in [0.717, 1.165) is 0 Å². The first kappa shape index (κ1) is 14.2. The maximum Gasteiger partial charge on any atom is 0.159 e. The fraction of sp³-hybridized carbons (Fsp3) is 0.643. The number of carbonyl (C=O) groups excluding carboxylic acids is 1. The molecule has 2 atom stereocenters. The van der Waals surface area contributed by atoms with E-state index in [4.69, 9.17) is 0 Å². The molecule has 0 N–H and O–H groups in total. The second kappa shape index (κ2) is 5.89. The fourth-order valence-electron chi connectivity index (χ4n) is 2.16. The van der Waals surface area contributed by atoms with E-state index < -0.39 is 0 Å². The molecular formula is C14H24O. The molecule has 0 radical (unpaired) electrons. The standard InChI is InChI=1S/C14H24O/c1-7-9-11(3)13(14(4,5)6)12(15)10-8-2/h7-11,13H,1-6H3/b9-7-,10-8+. The van der Waals surface area contributed by atoms with Crippen molar-refractivity contribution in [2.24, 2.45) is 17.3 Å². The van der Waals surface area contributed by atoms with Gasteiger partial charge in [0.05, 0.1) is 0 Å². The summed E-state index contributed by atoms with van der Waals surface area (Å²) in [6.45, 7) is 12.4. The van der Waals surface area contributed by atoms with E-state index in [1.165, 1.54) is 0 Å². The third-order valence-corrected chi connectivity index (χ3v) is 2.59. The Bertz CT molecular complexity index is 253. The molecule has 0 aromatic rings. The Morgan fingerprint density at radius 1 is 1.13 bits per heavy atom. The Hall–Kier alpha value is -0.850. The van der Waals surface area contributed by atoms with Crippen molar-refractivity contribution in [2.45, 2.75) is 41.5 Å². The summed E-state index contributed by atoms with van der Waals surface area (Å²) in [6.07, 6.45) is 7.64. The lowest BCUT2D eigenvalue weighted by Crippen LogP contribution is -2.32. The smallest absolute Gasteiger partial charge is 0.159 e. The van der Waals surface area contributed by atoms with Crippen LogP contribution >= 0.6 is 0 Å². The van der Waals surface area contributed by atoms with E-state index >= 15 is 0 Å². The molecule has 0 bridgehead atoms. The lowest BCUT2D eigenvalue weighted by molar-refractivity contribution is -0.122. The second-order valence-corrected chi connectivity index (χ2v) is 5.13. The first-order valence-electron chi connectivity index (χ1n) is 5.64. The fourth-order valence-corrected chi connectivity index (χ4v) is 2.16. The number of ketones is 1. The van der Waals surface area contributed by atoms with Gasteiger partial charge in [-0.15, -0.1) is 0 Å². The van der Waals surface area contributed by atoms with Gasteiger partial charge in [-0.3, -0.25) is 4.79 Å². The summed E-state index contributed by atoms with van der Waals surface area (Å²) >= 11 is 0. The van der Waals surface area contributed by atoms with E-state index in [2.05, 4.69) is 33.8 Å². The maximum absolute atomic E-state index is 12.0. The van der Waals surface area contributed by atoms with Gasteiger partial charge in [0.15, 0.2) is 5.78 Å². The molecule has 0 spiro atoms. The van der Waals surface area contributed by atoms with Crippen molar-refractivity contribution in [3.05, 3.63) is 24.3 Å². The number of hydrogen-bond acceptors (Lipinski definition) is 1. The van der Waals surface area contributed by atoms with Crippen LogP contribution in [0.15, 0.2) is 24.3 Å². The van der Waals surface area contributed by atoms with Gasteiger partial charge in [0.1, 0.15) is 0 Å². The van der Waals surface area contributed by atoms with E-state index in [1.54, 1.807) is 6.08 Å². The monoisotopic (exact) mass is 208 g/mol. The lowest BCUT2D eigenvalue weighted by atomic mass is 9.71. The van der Waals surface area contributed by atoms with Crippen molar-refractivity contribution in [1.82, 2.24) is 0 Å². The van der Waals surface area contributed by atoms with Gasteiger partial charge in [0, 0.05) is 5.92 Å². The zero-order valence-corrected chi connectivity index (χ0v) is 10.9. The molecule has 0 aromatic carbocycles. The van der Waals surface area contributed by atoms with Crippen molar-refractivity contribution in [2.75, 3.05) is 0 Å². The predicted molar refractivity (Wildman–Crippen MR) is 66.7 cm³/mol. The Morgan fingerprint density at radius 2 is 1.67 bits per heavy atom. The average Bonchev–Trinajstić information content (AvgIpc) is 2.01. The van der Waals surface area contributed by atoms with Crippen LogP contribution in [0.3, 0.4) is 0 Å². The number of carbonyl (C=O) groups is 1. The van der Waals surface area contributed by atoms with Gasteiger partial charge in [-0.05, 0) is 31.3 Å². The molecule has 0 aliphatic heterocycles. The lowest BCUT2D eigenvalue weighted by Gasteiger charge is -2.32. The molecule has 15 heavy (non-hydrogen) atoms. The van der Waals surface area contributed by atoms with E-state index in [9.17, 15) is 4.79 Å². The van der Waals surface area contributed by atoms with Gasteiger partial charge in [-0.2, -0.15) is 0 Å². The zero-order valence-electron chi connectivity index (χ0n) is 10.9. The van der Waals surface area contributed by atoms with Gasteiger partial charge in [0.2, 0.25) is 0 Å². The van der Waals surface area contributed by atoms with Crippen molar-refractivity contribution in [1.29, 1.82) is 0 Å². The van der Waals surface area contributed by atoms with Crippen molar-refractivity contribution >= 4 is 5.78 Å². The first-order chi connectivity index (χ1) is 6.84. The molecule has 1 heteroatoms. The molecule has 0 fully saturated rings. The third-order valence-electron chi connectivity index (χ3n) is 2.59. The van der Waals surface area contributed by atoms with E-state index in [1.807, 2.05) is 26.0 Å². The molecule has 0 amide bonds. The summed E-state index contributed by atoms with van der Waals surface area (Å²) < 4.78 is 0. The molecule has 1 nitrogen and oxygen atoms in total. The van der Waals surface area contributed by atoms with Crippen molar-refractivity contribution in [3.8, 4) is 0 Å². The maximum atomic E-state index is 12.0. The summed E-state index contributed by atoms with van der Waals surface area (Å²) in [4.78, 5) is 12.0.